The molecule has 55 heavy (non-hydrogen) atoms. The van der Waals surface area contributed by atoms with Gasteiger partial charge in [-0.1, -0.05) is 164 Å². The van der Waals surface area contributed by atoms with Crippen molar-refractivity contribution >= 4 is 49.4 Å². The zero-order valence-corrected chi connectivity index (χ0v) is 30.4. The van der Waals surface area contributed by atoms with Crippen LogP contribution in [-0.2, 0) is 0 Å². The summed E-state index contributed by atoms with van der Waals surface area (Å²) in [5, 5.41) is 5.08. The van der Waals surface area contributed by atoms with Gasteiger partial charge in [-0.3, -0.25) is 4.57 Å². The Hall–Kier alpha value is -6.77. The number of fused-ring (bicyclic) bond motifs is 5. The zero-order valence-electron chi connectivity index (χ0n) is 30.4. The van der Waals surface area contributed by atoms with Crippen molar-refractivity contribution in [3.8, 4) is 11.4 Å². The van der Waals surface area contributed by atoms with Crippen LogP contribution in [0.3, 0.4) is 0 Å². The van der Waals surface area contributed by atoms with E-state index in [1.807, 2.05) is 0 Å². The number of para-hydroxylation sites is 2. The van der Waals surface area contributed by atoms with Gasteiger partial charge < -0.3 is 0 Å². The van der Waals surface area contributed by atoms with Gasteiger partial charge >= 0.3 is 0 Å². The van der Waals surface area contributed by atoms with Crippen LogP contribution in [0.1, 0.15) is 46.6 Å². The largest absolute Gasteiger partial charge is 0.296 e. The summed E-state index contributed by atoms with van der Waals surface area (Å²) >= 11 is 0. The molecule has 0 fully saturated rings. The monoisotopic (exact) mass is 702 g/mol. The standard InChI is InChI=1S/C53H38N2/c1-2-16-44(17-3-1)55-50-21-11-10-20-49(50)54-53(55)38-26-22-37(23-27-38)41-30-31-47-48(34-41)52(43-29-25-36-13-5-7-15-40(36)33-43)46-19-9-8-18-45(46)51(47)42-28-24-35-12-4-6-14-39(35)32-42/h1-2,4-16,18-34,47,51H,3,17H2. The van der Waals surface area contributed by atoms with Crippen molar-refractivity contribution in [1.82, 2.24) is 9.55 Å². The number of nitrogens with zero attached hydrogens (tertiary/aromatic N) is 2. The molecular weight excluding hydrogens is 665 g/mol. The minimum Gasteiger partial charge on any atom is -0.296 e. The molecule has 0 aliphatic heterocycles. The van der Waals surface area contributed by atoms with Gasteiger partial charge in [0, 0.05) is 23.1 Å². The van der Waals surface area contributed by atoms with Crippen LogP contribution in [0.4, 0.5) is 0 Å². The molecule has 0 saturated carbocycles. The Kier molecular flexibility index (Phi) is 7.48. The first-order chi connectivity index (χ1) is 27.3. The van der Waals surface area contributed by atoms with Gasteiger partial charge in [-0.15, -0.1) is 0 Å². The summed E-state index contributed by atoms with van der Waals surface area (Å²) in [7, 11) is 0. The summed E-state index contributed by atoms with van der Waals surface area (Å²) in [6.07, 6.45) is 16.0. The first-order valence-corrected chi connectivity index (χ1v) is 19.4. The van der Waals surface area contributed by atoms with Gasteiger partial charge in [-0.05, 0) is 109 Å². The molecule has 1 aromatic heterocycles. The van der Waals surface area contributed by atoms with Crippen molar-refractivity contribution in [1.29, 1.82) is 0 Å². The number of allylic oxidation sites excluding steroid dienone is 9. The number of rotatable bonds is 5. The molecule has 2 unspecified atom stereocenters. The third-order valence-corrected chi connectivity index (χ3v) is 11.9. The highest BCUT2D eigenvalue weighted by molar-refractivity contribution is 5.96. The number of hydrogen-bond donors (Lipinski definition) is 0. The van der Waals surface area contributed by atoms with Gasteiger partial charge in [0.15, 0.2) is 0 Å². The molecule has 7 aromatic carbocycles. The van der Waals surface area contributed by atoms with Crippen LogP contribution in [0.15, 0.2) is 200 Å². The number of aromatic nitrogens is 2. The molecule has 0 spiro atoms. The molecule has 3 aliphatic carbocycles. The smallest absolute Gasteiger partial charge is 0.145 e. The van der Waals surface area contributed by atoms with E-state index in [4.69, 9.17) is 4.98 Å². The lowest BCUT2D eigenvalue weighted by atomic mass is 9.65. The molecule has 0 saturated heterocycles. The maximum atomic E-state index is 5.16. The number of imidazole rings is 1. The van der Waals surface area contributed by atoms with Crippen molar-refractivity contribution in [2.75, 3.05) is 0 Å². The van der Waals surface area contributed by atoms with E-state index in [2.05, 4.69) is 199 Å². The van der Waals surface area contributed by atoms with Crippen molar-refractivity contribution < 1.29 is 0 Å². The molecule has 0 radical (unpaired) electrons. The molecule has 0 bridgehead atoms. The fraction of sp³-hybridized carbons (Fsp3) is 0.0755. The molecule has 8 aromatic rings. The highest BCUT2D eigenvalue weighted by Gasteiger charge is 2.36. The fourth-order valence-electron chi connectivity index (χ4n) is 9.23. The second-order valence-corrected chi connectivity index (χ2v) is 15.0. The van der Waals surface area contributed by atoms with Gasteiger partial charge in [-0.25, -0.2) is 4.98 Å². The highest BCUT2D eigenvalue weighted by Crippen LogP contribution is 2.52. The minimum atomic E-state index is 0.179. The Morgan fingerprint density at radius 2 is 1.29 bits per heavy atom. The molecule has 260 valence electrons. The SMILES string of the molecule is C1=CCCC(n2c(-c3ccc(C4=CC5=C(c6ccc7ccccc7c6)c6ccccc6C(c6ccc7ccccc7c6)C5C=C4)cc3)nc3ccccc32)=C1. The highest BCUT2D eigenvalue weighted by atomic mass is 15.1. The van der Waals surface area contributed by atoms with Crippen LogP contribution < -0.4 is 0 Å². The van der Waals surface area contributed by atoms with Crippen LogP contribution in [0.5, 0.6) is 0 Å². The van der Waals surface area contributed by atoms with Crippen LogP contribution >= 0.6 is 0 Å². The van der Waals surface area contributed by atoms with E-state index in [0.717, 1.165) is 35.3 Å². The molecule has 11 rings (SSSR count). The summed E-state index contributed by atoms with van der Waals surface area (Å²) in [5.41, 5.74) is 15.0. The molecule has 2 heteroatoms. The maximum Gasteiger partial charge on any atom is 0.145 e. The topological polar surface area (TPSA) is 17.8 Å². The second kappa shape index (κ2) is 13.0. The van der Waals surface area contributed by atoms with E-state index >= 15 is 0 Å². The van der Waals surface area contributed by atoms with Crippen molar-refractivity contribution in [3.05, 3.63) is 228 Å². The third-order valence-electron chi connectivity index (χ3n) is 11.9. The molecule has 2 atom stereocenters. The van der Waals surface area contributed by atoms with Gasteiger partial charge in [0.1, 0.15) is 5.82 Å². The Labute approximate surface area is 321 Å². The van der Waals surface area contributed by atoms with E-state index in [1.165, 1.54) is 71.8 Å². The maximum absolute atomic E-state index is 5.16. The Bertz CT molecular complexity index is 2980. The van der Waals surface area contributed by atoms with Gasteiger partial charge in [0.25, 0.3) is 0 Å². The summed E-state index contributed by atoms with van der Waals surface area (Å²) in [6.45, 7) is 0. The van der Waals surface area contributed by atoms with Crippen molar-refractivity contribution in [3.63, 3.8) is 0 Å². The van der Waals surface area contributed by atoms with Crippen LogP contribution in [0, 0.1) is 5.92 Å². The lowest BCUT2D eigenvalue weighted by molar-refractivity contribution is 0.650. The van der Waals surface area contributed by atoms with E-state index in [0.29, 0.717) is 0 Å². The van der Waals surface area contributed by atoms with Crippen LogP contribution in [0.25, 0.3) is 60.8 Å². The Balaban J connectivity index is 1.06. The van der Waals surface area contributed by atoms with Gasteiger partial charge in [0.2, 0.25) is 0 Å². The zero-order chi connectivity index (χ0) is 36.3. The summed E-state index contributed by atoms with van der Waals surface area (Å²) in [4.78, 5) is 5.16. The molecule has 1 heterocycles. The average molecular weight is 703 g/mol. The first-order valence-electron chi connectivity index (χ1n) is 19.4. The van der Waals surface area contributed by atoms with Crippen molar-refractivity contribution in [2.45, 2.75) is 18.8 Å². The first kappa shape index (κ1) is 31.7. The molecular formula is C53H38N2. The number of benzene rings is 7. The third kappa shape index (κ3) is 5.36. The minimum absolute atomic E-state index is 0.179. The predicted molar refractivity (Wildman–Crippen MR) is 231 cm³/mol. The Morgan fingerprint density at radius 1 is 0.600 bits per heavy atom. The molecule has 2 nitrogen and oxygen atoms in total. The second-order valence-electron chi connectivity index (χ2n) is 15.0. The molecule has 0 N–H and O–H groups in total. The van der Waals surface area contributed by atoms with Crippen LogP contribution in [-0.4, -0.2) is 9.55 Å². The average Bonchev–Trinajstić information content (AvgIpc) is 3.65. The quantitative estimate of drug-likeness (QED) is 0.175. The summed E-state index contributed by atoms with van der Waals surface area (Å²) in [6, 6.07) is 58.1. The predicted octanol–water partition coefficient (Wildman–Crippen LogP) is 13.4. The van der Waals surface area contributed by atoms with Crippen LogP contribution in [0.2, 0.25) is 0 Å². The summed E-state index contributed by atoms with van der Waals surface area (Å²) in [5.74, 6) is 1.36. The van der Waals surface area contributed by atoms with E-state index in [9.17, 15) is 0 Å². The fourth-order valence-corrected chi connectivity index (χ4v) is 9.23. The van der Waals surface area contributed by atoms with E-state index < -0.39 is 0 Å². The van der Waals surface area contributed by atoms with Crippen molar-refractivity contribution in [2.24, 2.45) is 5.92 Å². The summed E-state index contributed by atoms with van der Waals surface area (Å²) < 4.78 is 2.35. The van der Waals surface area contributed by atoms with E-state index in [1.54, 1.807) is 0 Å². The molecule has 0 amide bonds. The van der Waals surface area contributed by atoms with E-state index in [-0.39, 0.29) is 11.8 Å². The number of hydrogen-bond acceptors (Lipinski definition) is 1. The lowest BCUT2D eigenvalue weighted by Gasteiger charge is -2.37. The molecule has 3 aliphatic rings. The van der Waals surface area contributed by atoms with Gasteiger partial charge in [-0.2, -0.15) is 0 Å². The van der Waals surface area contributed by atoms with Gasteiger partial charge in [0.05, 0.1) is 11.0 Å². The lowest BCUT2D eigenvalue weighted by Crippen LogP contribution is -2.23. The Morgan fingerprint density at radius 3 is 2.11 bits per heavy atom. The normalized spacial score (nSPS) is 17.7.